The third-order valence-electron chi connectivity index (χ3n) is 7.72. The van der Waals surface area contributed by atoms with E-state index in [0.717, 1.165) is 11.6 Å². The van der Waals surface area contributed by atoms with Crippen molar-refractivity contribution in [2.45, 2.75) is 44.9 Å². The van der Waals surface area contributed by atoms with Crippen LogP contribution in [0, 0.1) is 11.6 Å². The molecule has 0 N–H and O–H groups in total. The number of benzene rings is 2. The lowest BCUT2D eigenvalue weighted by Gasteiger charge is -2.39. The molecule has 1 fully saturated rings. The van der Waals surface area contributed by atoms with Gasteiger partial charge in [-0.3, -0.25) is 9.59 Å². The molecule has 1 saturated heterocycles. The predicted octanol–water partition coefficient (Wildman–Crippen LogP) is 5.18. The van der Waals surface area contributed by atoms with Gasteiger partial charge in [0.15, 0.2) is 16.5 Å². The molecule has 1 amide bonds. The van der Waals surface area contributed by atoms with Gasteiger partial charge < -0.3 is 18.9 Å². The largest absolute Gasteiger partial charge is 0.483 e. The van der Waals surface area contributed by atoms with Crippen LogP contribution in [0.3, 0.4) is 0 Å². The molecule has 4 aromatic rings. The molecule has 0 bridgehead atoms. The molecule has 1 unspecified atom stereocenters. The van der Waals surface area contributed by atoms with Gasteiger partial charge in [0.05, 0.1) is 30.9 Å². The fourth-order valence-electron chi connectivity index (χ4n) is 5.65. The molecule has 2 aliphatic heterocycles. The number of fused-ring (bicyclic) bond motifs is 3. The van der Waals surface area contributed by atoms with Crippen LogP contribution < -0.4 is 10.2 Å². The number of ether oxygens (including phenoxy) is 2. The Morgan fingerprint density at radius 1 is 1.07 bits per heavy atom. The van der Waals surface area contributed by atoms with Gasteiger partial charge in [0.1, 0.15) is 23.2 Å². The van der Waals surface area contributed by atoms with Gasteiger partial charge in [0, 0.05) is 24.7 Å². The lowest BCUT2D eigenvalue weighted by molar-refractivity contribution is 0.0568. The van der Waals surface area contributed by atoms with E-state index in [0.29, 0.717) is 41.8 Å². The van der Waals surface area contributed by atoms with Crippen LogP contribution in [-0.2, 0) is 11.3 Å². The lowest BCUT2D eigenvalue weighted by atomic mass is 9.97. The van der Waals surface area contributed by atoms with Gasteiger partial charge in [-0.15, -0.1) is 10.2 Å². The van der Waals surface area contributed by atoms with Crippen LogP contribution in [0.15, 0.2) is 59.5 Å². The summed E-state index contributed by atoms with van der Waals surface area (Å²) in [5, 5.41) is 9.44. The van der Waals surface area contributed by atoms with Crippen molar-refractivity contribution >= 4 is 17.2 Å². The van der Waals surface area contributed by atoms with Crippen LogP contribution in [0.4, 0.5) is 8.78 Å². The summed E-state index contributed by atoms with van der Waals surface area (Å²) in [4.78, 5) is 29.4. The van der Waals surface area contributed by atoms with Crippen LogP contribution in [0.1, 0.15) is 58.9 Å². The average molecular weight is 579 g/mol. The number of aromatic nitrogens is 3. The fraction of sp³-hybridized carbons (Fsp3) is 0.333. The molecule has 0 saturated carbocycles. The maximum absolute atomic E-state index is 14.7. The molecule has 11 heteroatoms. The number of rotatable bonds is 8. The maximum atomic E-state index is 14.7. The van der Waals surface area contributed by atoms with Crippen molar-refractivity contribution in [3.63, 3.8) is 0 Å². The zero-order valence-corrected chi connectivity index (χ0v) is 23.4. The Morgan fingerprint density at radius 2 is 1.85 bits per heavy atom. The van der Waals surface area contributed by atoms with Crippen molar-refractivity contribution < 1.29 is 23.0 Å². The van der Waals surface area contributed by atoms with Crippen LogP contribution in [-0.4, -0.2) is 51.4 Å². The van der Waals surface area contributed by atoms with Crippen molar-refractivity contribution in [2.75, 3.05) is 19.8 Å². The summed E-state index contributed by atoms with van der Waals surface area (Å²) in [6.07, 6.45) is 2.14. The second kappa shape index (κ2) is 11.1. The summed E-state index contributed by atoms with van der Waals surface area (Å²) in [5.41, 5.74) is 1.10. The zero-order valence-electron chi connectivity index (χ0n) is 22.5. The summed E-state index contributed by atoms with van der Waals surface area (Å²) in [5.74, 6) is -2.13. The molecular weight excluding hydrogens is 550 g/mol. The highest BCUT2D eigenvalue weighted by Crippen LogP contribution is 2.38. The first-order chi connectivity index (χ1) is 19.9. The summed E-state index contributed by atoms with van der Waals surface area (Å²) in [6.45, 7) is 5.12. The Kier molecular flexibility index (Phi) is 7.39. The Hall–Kier alpha value is -3.96. The highest BCUT2D eigenvalue weighted by molar-refractivity contribution is 7.14. The number of halogens is 2. The minimum Gasteiger partial charge on any atom is -0.483 e. The van der Waals surface area contributed by atoms with E-state index < -0.39 is 23.0 Å². The van der Waals surface area contributed by atoms with Crippen LogP contribution in [0.5, 0.6) is 5.75 Å². The van der Waals surface area contributed by atoms with Crippen LogP contribution >= 0.6 is 11.3 Å². The zero-order chi connectivity index (χ0) is 28.7. The predicted molar refractivity (Wildman–Crippen MR) is 149 cm³/mol. The van der Waals surface area contributed by atoms with Crippen LogP contribution in [0.2, 0.25) is 0 Å². The van der Waals surface area contributed by atoms with Gasteiger partial charge in [-0.1, -0.05) is 54.7 Å². The topological polar surface area (TPSA) is 86.5 Å². The Balaban J connectivity index is 1.46. The normalized spacial score (nSPS) is 18.7. The third-order valence-corrected chi connectivity index (χ3v) is 8.79. The number of hydrogen-bond donors (Lipinski definition) is 0. The average Bonchev–Trinajstić information content (AvgIpc) is 3.65. The minimum atomic E-state index is -0.662. The van der Waals surface area contributed by atoms with E-state index in [1.165, 1.54) is 23.5 Å². The first-order valence-corrected chi connectivity index (χ1v) is 14.4. The number of carbonyl (C=O) groups is 1. The molecule has 8 nitrogen and oxygen atoms in total. The fourth-order valence-corrected chi connectivity index (χ4v) is 6.70. The maximum Gasteiger partial charge on any atom is 0.274 e. The number of likely N-dealkylation sites (N-methyl/N-ethyl adjacent to an activating group) is 1. The molecule has 2 aromatic heterocycles. The van der Waals surface area contributed by atoms with Gasteiger partial charge in [-0.05, 0) is 30.5 Å². The van der Waals surface area contributed by atoms with E-state index in [-0.39, 0.29) is 41.6 Å². The second-order valence-electron chi connectivity index (χ2n) is 10.1. The van der Waals surface area contributed by atoms with E-state index in [4.69, 9.17) is 9.47 Å². The molecule has 0 radical (unpaired) electrons. The van der Waals surface area contributed by atoms with Crippen molar-refractivity contribution in [1.29, 1.82) is 0 Å². The Labute approximate surface area is 239 Å². The molecule has 41 heavy (non-hydrogen) atoms. The highest BCUT2D eigenvalue weighted by Gasteiger charge is 2.45. The smallest absolute Gasteiger partial charge is 0.274 e. The SMILES string of the molecule is CCC(c1nnc(-c2cn3c(c(OCc4ccccc4)c2=O)C(=O)N(CC)[C@H]2COC[C@H]23)s1)c1ccc(F)cc1F. The van der Waals surface area contributed by atoms with E-state index in [9.17, 15) is 18.4 Å². The molecule has 2 aromatic carbocycles. The van der Waals surface area contributed by atoms with E-state index in [2.05, 4.69) is 10.2 Å². The van der Waals surface area contributed by atoms with Crippen molar-refractivity contribution in [3.05, 3.63) is 98.4 Å². The summed E-state index contributed by atoms with van der Waals surface area (Å²) in [6, 6.07) is 12.5. The number of nitrogens with zero attached hydrogens (tertiary/aromatic N) is 4. The molecule has 0 spiro atoms. The lowest BCUT2D eigenvalue weighted by Crippen LogP contribution is -2.51. The Morgan fingerprint density at radius 3 is 2.59 bits per heavy atom. The van der Waals surface area contributed by atoms with Crippen molar-refractivity contribution in [2.24, 2.45) is 0 Å². The number of carbonyl (C=O) groups excluding carboxylic acids is 1. The monoisotopic (exact) mass is 578 g/mol. The van der Waals surface area contributed by atoms with Gasteiger partial charge >= 0.3 is 0 Å². The molecular formula is C30H28F2N4O4S. The van der Waals surface area contributed by atoms with Crippen molar-refractivity contribution in [1.82, 2.24) is 19.7 Å². The van der Waals surface area contributed by atoms with Gasteiger partial charge in [-0.2, -0.15) is 0 Å². The summed E-state index contributed by atoms with van der Waals surface area (Å²) in [7, 11) is 0. The van der Waals surface area contributed by atoms with Crippen LogP contribution in [0.25, 0.3) is 10.6 Å². The van der Waals surface area contributed by atoms with Gasteiger partial charge in [-0.25, -0.2) is 8.78 Å². The van der Waals surface area contributed by atoms with Crippen molar-refractivity contribution in [3.8, 4) is 16.3 Å². The first kappa shape index (κ1) is 27.2. The number of hydrogen-bond acceptors (Lipinski definition) is 7. The van der Waals surface area contributed by atoms with E-state index in [1.807, 2.05) is 44.2 Å². The summed E-state index contributed by atoms with van der Waals surface area (Å²) < 4.78 is 41.9. The van der Waals surface area contributed by atoms with Gasteiger partial charge in [0.25, 0.3) is 5.91 Å². The molecule has 0 aliphatic carbocycles. The third kappa shape index (κ3) is 4.82. The van der Waals surface area contributed by atoms with Gasteiger partial charge in [0.2, 0.25) is 5.43 Å². The highest BCUT2D eigenvalue weighted by atomic mass is 32.1. The molecule has 4 heterocycles. The number of amides is 1. The first-order valence-electron chi connectivity index (χ1n) is 13.5. The molecule has 6 rings (SSSR count). The van der Waals surface area contributed by atoms with E-state index in [1.54, 1.807) is 15.7 Å². The standard InChI is InChI=1S/C30H28F2N4O4S/c1-3-19(20-11-10-18(31)12-22(20)32)28-33-34-29(41-28)21-13-36-24-16-39-15-23(24)35(4-2)30(38)25(36)27(26(21)37)40-14-17-8-6-5-7-9-17/h5-13,19,23-24H,3-4,14-16H2,1-2H3/t19?,23-,24+/m0/s1. The summed E-state index contributed by atoms with van der Waals surface area (Å²) >= 11 is 1.17. The molecule has 212 valence electrons. The minimum absolute atomic E-state index is 0.0477. The number of pyridine rings is 1. The molecule has 3 atom stereocenters. The quantitative estimate of drug-likeness (QED) is 0.286. The van der Waals surface area contributed by atoms with E-state index >= 15 is 0 Å². The second-order valence-corrected chi connectivity index (χ2v) is 11.1. The molecule has 2 aliphatic rings. The Bertz CT molecular complexity index is 1660.